The Kier molecular flexibility index (Phi) is 3.88. The van der Waals surface area contributed by atoms with Gasteiger partial charge in [-0.1, -0.05) is 19.1 Å². The zero-order valence-electron chi connectivity index (χ0n) is 13.7. The number of aromatic amines is 1. The number of carbonyl (C=O) groups is 2. The molecular formula is C18H22N2O3. The van der Waals surface area contributed by atoms with Crippen LogP contribution in [0.2, 0.25) is 0 Å². The smallest absolute Gasteiger partial charge is 0.308 e. The fraction of sp³-hybridized carbons (Fsp3) is 0.444. The third-order valence-electron chi connectivity index (χ3n) is 4.87. The molecule has 1 aromatic heterocycles. The van der Waals surface area contributed by atoms with Crippen LogP contribution in [0.4, 0.5) is 0 Å². The summed E-state index contributed by atoms with van der Waals surface area (Å²) in [5.41, 5.74) is 3.66. The second-order valence-electron chi connectivity index (χ2n) is 6.69. The number of piperidine rings is 1. The van der Waals surface area contributed by atoms with Crippen LogP contribution in [-0.4, -0.2) is 40.0 Å². The Balaban J connectivity index is 1.97. The lowest BCUT2D eigenvalue weighted by atomic mass is 9.90. The molecule has 2 unspecified atom stereocenters. The molecule has 5 nitrogen and oxygen atoms in total. The lowest BCUT2D eigenvalue weighted by molar-refractivity contribution is -0.143. The van der Waals surface area contributed by atoms with Crippen molar-refractivity contribution < 1.29 is 14.7 Å². The van der Waals surface area contributed by atoms with Crippen molar-refractivity contribution in [1.82, 2.24) is 9.88 Å². The third-order valence-corrected chi connectivity index (χ3v) is 4.87. The lowest BCUT2D eigenvalue weighted by Crippen LogP contribution is -2.45. The Hall–Kier alpha value is -2.30. The average molecular weight is 314 g/mol. The molecule has 2 aromatic rings. The highest BCUT2D eigenvalue weighted by molar-refractivity contribution is 6.06. The van der Waals surface area contributed by atoms with Crippen LogP contribution in [0.15, 0.2) is 18.2 Å². The molecule has 23 heavy (non-hydrogen) atoms. The van der Waals surface area contributed by atoms with Gasteiger partial charge in [0.05, 0.1) is 17.0 Å². The molecule has 1 saturated heterocycles. The number of H-pyrrole nitrogens is 1. The second-order valence-corrected chi connectivity index (χ2v) is 6.69. The first-order chi connectivity index (χ1) is 10.9. The fourth-order valence-corrected chi connectivity index (χ4v) is 3.53. The zero-order valence-corrected chi connectivity index (χ0v) is 13.7. The van der Waals surface area contributed by atoms with Gasteiger partial charge in [-0.2, -0.15) is 0 Å². The number of hydrogen-bond donors (Lipinski definition) is 2. The summed E-state index contributed by atoms with van der Waals surface area (Å²) in [7, 11) is 0. The van der Waals surface area contributed by atoms with E-state index in [0.29, 0.717) is 18.5 Å². The molecule has 1 aliphatic heterocycles. The van der Waals surface area contributed by atoms with Crippen molar-refractivity contribution in [2.75, 3.05) is 13.1 Å². The van der Waals surface area contributed by atoms with Gasteiger partial charge >= 0.3 is 5.97 Å². The number of fused-ring (bicyclic) bond motifs is 1. The monoisotopic (exact) mass is 314 g/mol. The summed E-state index contributed by atoms with van der Waals surface area (Å²) in [6.07, 6.45) is 0.629. The molecule has 0 bridgehead atoms. The number of carboxylic acids is 1. The molecule has 2 N–H and O–H groups in total. The predicted octanol–water partition coefficient (Wildman–Crippen LogP) is 2.97. The summed E-state index contributed by atoms with van der Waals surface area (Å²) < 4.78 is 0. The molecule has 0 radical (unpaired) electrons. The fourth-order valence-electron chi connectivity index (χ4n) is 3.53. The van der Waals surface area contributed by atoms with Crippen LogP contribution in [-0.2, 0) is 4.79 Å². The third kappa shape index (κ3) is 2.71. The first-order valence-electron chi connectivity index (χ1n) is 7.98. The molecule has 1 amide bonds. The van der Waals surface area contributed by atoms with Gasteiger partial charge in [0.1, 0.15) is 0 Å². The highest BCUT2D eigenvalue weighted by atomic mass is 16.4. The van der Waals surface area contributed by atoms with Crippen LogP contribution in [0.25, 0.3) is 10.9 Å². The Morgan fingerprint density at radius 3 is 2.70 bits per heavy atom. The summed E-state index contributed by atoms with van der Waals surface area (Å²) in [6, 6.07) is 5.71. The molecule has 3 rings (SSSR count). The van der Waals surface area contributed by atoms with E-state index in [1.807, 2.05) is 39.0 Å². The number of rotatable bonds is 2. The first kappa shape index (κ1) is 15.6. The van der Waals surface area contributed by atoms with Gasteiger partial charge in [0.15, 0.2) is 0 Å². The number of hydrogen-bond acceptors (Lipinski definition) is 2. The van der Waals surface area contributed by atoms with E-state index in [0.717, 1.165) is 22.2 Å². The minimum absolute atomic E-state index is 0.0883. The van der Waals surface area contributed by atoms with Crippen LogP contribution >= 0.6 is 0 Å². The van der Waals surface area contributed by atoms with Crippen molar-refractivity contribution in [2.24, 2.45) is 11.8 Å². The highest BCUT2D eigenvalue weighted by Crippen LogP contribution is 2.28. The normalized spacial score (nSPS) is 21.6. The Morgan fingerprint density at radius 2 is 2.00 bits per heavy atom. The van der Waals surface area contributed by atoms with Gasteiger partial charge < -0.3 is 15.0 Å². The van der Waals surface area contributed by atoms with Crippen molar-refractivity contribution in [3.8, 4) is 0 Å². The largest absolute Gasteiger partial charge is 0.481 e. The van der Waals surface area contributed by atoms with E-state index in [1.54, 1.807) is 4.90 Å². The van der Waals surface area contributed by atoms with E-state index >= 15 is 0 Å². The van der Waals surface area contributed by atoms with Crippen LogP contribution in [0.3, 0.4) is 0 Å². The van der Waals surface area contributed by atoms with Gasteiger partial charge in [-0.3, -0.25) is 9.59 Å². The van der Waals surface area contributed by atoms with Gasteiger partial charge in [0.2, 0.25) is 0 Å². The topological polar surface area (TPSA) is 73.4 Å². The van der Waals surface area contributed by atoms with Gasteiger partial charge in [-0.25, -0.2) is 0 Å². The molecule has 5 heteroatoms. The van der Waals surface area contributed by atoms with Gasteiger partial charge in [0.25, 0.3) is 5.91 Å². The SMILES string of the molecule is Cc1[nH]c2c(C(=O)N3CC(C)CC(C(=O)O)C3)cccc2c1C. The van der Waals surface area contributed by atoms with Crippen molar-refractivity contribution >= 4 is 22.8 Å². The molecule has 0 saturated carbocycles. The van der Waals surface area contributed by atoms with E-state index in [4.69, 9.17) is 0 Å². The molecule has 1 aromatic carbocycles. The number of nitrogens with one attached hydrogen (secondary N) is 1. The molecule has 1 aliphatic rings. The van der Waals surface area contributed by atoms with E-state index in [2.05, 4.69) is 4.98 Å². The van der Waals surface area contributed by atoms with E-state index in [9.17, 15) is 14.7 Å². The molecule has 1 fully saturated rings. The number of carbonyl (C=O) groups excluding carboxylic acids is 1. The summed E-state index contributed by atoms with van der Waals surface area (Å²) >= 11 is 0. The summed E-state index contributed by atoms with van der Waals surface area (Å²) in [5.74, 6) is -1.19. The number of carboxylic acid groups (broad SMARTS) is 1. The first-order valence-corrected chi connectivity index (χ1v) is 7.98. The maximum Gasteiger partial charge on any atom is 0.308 e. The maximum atomic E-state index is 13.0. The lowest BCUT2D eigenvalue weighted by Gasteiger charge is -2.34. The molecule has 0 spiro atoms. The number of benzene rings is 1. The molecule has 122 valence electrons. The molecule has 2 heterocycles. The van der Waals surface area contributed by atoms with E-state index in [-0.39, 0.29) is 18.4 Å². The number of aryl methyl sites for hydroxylation is 2. The predicted molar refractivity (Wildman–Crippen MR) is 88.6 cm³/mol. The zero-order chi connectivity index (χ0) is 16.7. The number of likely N-dealkylation sites (tertiary alicyclic amines) is 1. The van der Waals surface area contributed by atoms with Crippen molar-refractivity contribution in [2.45, 2.75) is 27.2 Å². The summed E-state index contributed by atoms with van der Waals surface area (Å²) in [6.45, 7) is 6.92. The molecular weight excluding hydrogens is 292 g/mol. The highest BCUT2D eigenvalue weighted by Gasteiger charge is 2.32. The second kappa shape index (κ2) is 5.72. The van der Waals surface area contributed by atoms with Crippen LogP contribution in [0.1, 0.15) is 35.0 Å². The minimum atomic E-state index is -0.820. The molecule has 2 atom stereocenters. The Labute approximate surface area is 135 Å². The summed E-state index contributed by atoms with van der Waals surface area (Å²) in [4.78, 5) is 29.3. The van der Waals surface area contributed by atoms with Crippen LogP contribution in [0.5, 0.6) is 0 Å². The number of para-hydroxylation sites is 1. The number of amides is 1. The molecule has 0 aliphatic carbocycles. The summed E-state index contributed by atoms with van der Waals surface area (Å²) in [5, 5.41) is 10.3. The van der Waals surface area contributed by atoms with Crippen LogP contribution in [0, 0.1) is 25.7 Å². The number of aliphatic carboxylic acids is 1. The van der Waals surface area contributed by atoms with Crippen molar-refractivity contribution in [3.63, 3.8) is 0 Å². The van der Waals surface area contributed by atoms with E-state index in [1.165, 1.54) is 0 Å². The van der Waals surface area contributed by atoms with Crippen molar-refractivity contribution in [3.05, 3.63) is 35.0 Å². The minimum Gasteiger partial charge on any atom is -0.481 e. The average Bonchev–Trinajstić information content (AvgIpc) is 2.81. The number of aromatic nitrogens is 1. The van der Waals surface area contributed by atoms with Crippen molar-refractivity contribution in [1.29, 1.82) is 0 Å². The number of nitrogens with zero attached hydrogens (tertiary/aromatic N) is 1. The van der Waals surface area contributed by atoms with Gasteiger partial charge in [-0.05, 0) is 37.8 Å². The quantitative estimate of drug-likeness (QED) is 0.895. The van der Waals surface area contributed by atoms with Gasteiger partial charge in [-0.15, -0.1) is 0 Å². The Bertz CT molecular complexity index is 778. The van der Waals surface area contributed by atoms with Gasteiger partial charge in [0, 0.05) is 24.2 Å². The standard InChI is InChI=1S/C18H22N2O3/c1-10-7-13(18(22)23)9-20(8-10)17(21)15-6-4-5-14-11(2)12(3)19-16(14)15/h4-6,10,13,19H,7-9H2,1-3H3,(H,22,23). The van der Waals surface area contributed by atoms with Crippen LogP contribution < -0.4 is 0 Å². The Morgan fingerprint density at radius 1 is 1.26 bits per heavy atom. The maximum absolute atomic E-state index is 13.0. The van der Waals surface area contributed by atoms with E-state index < -0.39 is 11.9 Å².